The maximum atomic E-state index is 13.1. The number of halogens is 1. The number of hydrogen-bond acceptors (Lipinski definition) is 6. The number of anilines is 1. The van der Waals surface area contributed by atoms with Gasteiger partial charge in [-0.2, -0.15) is 0 Å². The van der Waals surface area contributed by atoms with Gasteiger partial charge >= 0.3 is 0 Å². The molecule has 1 N–H and O–H groups in total. The molecular weight excluding hydrogens is 426 g/mol. The van der Waals surface area contributed by atoms with E-state index in [4.69, 9.17) is 21.1 Å². The topological polar surface area (TPSA) is 76.1 Å². The highest BCUT2D eigenvalue weighted by Crippen LogP contribution is 2.45. The number of hydrogen-bond donors (Lipinski definition) is 1. The summed E-state index contributed by atoms with van der Waals surface area (Å²) in [4.78, 5) is 28.2. The quantitative estimate of drug-likeness (QED) is 0.362. The number of carbonyl (C=O) groups excluding carboxylic acids is 2. The number of amides is 1. The van der Waals surface area contributed by atoms with Crippen molar-refractivity contribution in [1.29, 1.82) is 0 Å². The largest absolute Gasteiger partial charge is 0.507 e. The SMILES string of the molecule is O=C1C(=O)N(c2ccc3c(c2)OCO3)C(c2cccs2)/C1=C(/O)c1cccc(Cl)c1. The molecule has 3 heterocycles. The van der Waals surface area contributed by atoms with Crippen LogP contribution in [0.3, 0.4) is 0 Å². The maximum absolute atomic E-state index is 13.1. The Morgan fingerprint density at radius 2 is 1.90 bits per heavy atom. The highest BCUT2D eigenvalue weighted by molar-refractivity contribution is 7.10. The van der Waals surface area contributed by atoms with Crippen molar-refractivity contribution in [2.45, 2.75) is 6.04 Å². The summed E-state index contributed by atoms with van der Waals surface area (Å²) in [6.07, 6.45) is 0. The van der Waals surface area contributed by atoms with Gasteiger partial charge in [-0.1, -0.05) is 29.8 Å². The lowest BCUT2D eigenvalue weighted by Crippen LogP contribution is -2.29. The number of benzene rings is 2. The molecule has 1 saturated heterocycles. The van der Waals surface area contributed by atoms with Crippen LogP contribution in [0.2, 0.25) is 5.02 Å². The van der Waals surface area contributed by atoms with Crippen molar-refractivity contribution in [1.82, 2.24) is 0 Å². The fraction of sp³-hybridized carbons (Fsp3) is 0.0909. The lowest BCUT2D eigenvalue weighted by atomic mass is 9.99. The number of Topliss-reactive ketones (excluding diaryl/α,β-unsaturated/α-hetero) is 1. The summed E-state index contributed by atoms with van der Waals surface area (Å²) in [6, 6.07) is 14.5. The van der Waals surface area contributed by atoms with Gasteiger partial charge in [-0.15, -0.1) is 11.3 Å². The van der Waals surface area contributed by atoms with Crippen LogP contribution in [0.1, 0.15) is 16.5 Å². The van der Waals surface area contributed by atoms with Crippen LogP contribution in [0.5, 0.6) is 11.5 Å². The Hall–Kier alpha value is -3.29. The molecule has 1 fully saturated rings. The normalized spacial score (nSPS) is 19.5. The Balaban J connectivity index is 1.69. The zero-order valence-electron chi connectivity index (χ0n) is 15.4. The zero-order valence-corrected chi connectivity index (χ0v) is 16.9. The maximum Gasteiger partial charge on any atom is 0.300 e. The minimum absolute atomic E-state index is 0.0161. The number of rotatable bonds is 3. The van der Waals surface area contributed by atoms with Crippen LogP contribution in [-0.4, -0.2) is 23.6 Å². The predicted molar refractivity (Wildman–Crippen MR) is 113 cm³/mol. The Morgan fingerprint density at radius 3 is 2.67 bits per heavy atom. The lowest BCUT2D eigenvalue weighted by Gasteiger charge is -2.24. The fourth-order valence-electron chi connectivity index (χ4n) is 3.64. The van der Waals surface area contributed by atoms with Crippen LogP contribution in [0.25, 0.3) is 5.76 Å². The number of thiophene rings is 1. The molecule has 3 aromatic rings. The molecule has 0 aliphatic carbocycles. The standard InChI is InChI=1S/C22H14ClNO5S/c23-13-4-1-3-12(9-13)20(25)18-19(17-5-2-8-30-17)24(22(27)21(18)26)14-6-7-15-16(10-14)29-11-28-15/h1-10,19,25H,11H2/b20-18-. The fourth-order valence-corrected chi connectivity index (χ4v) is 4.66. The number of nitrogens with zero attached hydrogens (tertiary/aromatic N) is 1. The van der Waals surface area contributed by atoms with Gasteiger partial charge < -0.3 is 14.6 Å². The summed E-state index contributed by atoms with van der Waals surface area (Å²) < 4.78 is 10.8. The average molecular weight is 440 g/mol. The number of fused-ring (bicyclic) bond motifs is 1. The number of aliphatic hydroxyl groups excluding tert-OH is 1. The second-order valence-corrected chi connectivity index (χ2v) is 8.15. The molecule has 6 nitrogen and oxygen atoms in total. The molecule has 1 amide bonds. The highest BCUT2D eigenvalue weighted by Gasteiger charge is 2.47. The van der Waals surface area contributed by atoms with E-state index >= 15 is 0 Å². The third-order valence-electron chi connectivity index (χ3n) is 4.99. The second kappa shape index (κ2) is 7.19. The van der Waals surface area contributed by atoms with Crippen LogP contribution in [0.15, 0.2) is 65.6 Å². The molecular formula is C22H14ClNO5S. The van der Waals surface area contributed by atoms with Crippen LogP contribution in [0.4, 0.5) is 5.69 Å². The number of ketones is 1. The van der Waals surface area contributed by atoms with Crippen molar-refractivity contribution in [3.8, 4) is 11.5 Å². The van der Waals surface area contributed by atoms with Gasteiger partial charge in [0.25, 0.3) is 11.7 Å². The van der Waals surface area contributed by atoms with Crippen molar-refractivity contribution >= 4 is 46.1 Å². The molecule has 2 aliphatic rings. The van der Waals surface area contributed by atoms with Crippen molar-refractivity contribution in [3.63, 3.8) is 0 Å². The average Bonchev–Trinajstić information content (AvgIpc) is 3.47. The first kappa shape index (κ1) is 18.7. The molecule has 150 valence electrons. The molecule has 0 spiro atoms. The van der Waals surface area contributed by atoms with E-state index in [2.05, 4.69) is 0 Å². The third-order valence-corrected chi connectivity index (χ3v) is 6.15. The van der Waals surface area contributed by atoms with E-state index in [-0.39, 0.29) is 18.1 Å². The minimum Gasteiger partial charge on any atom is -0.507 e. The van der Waals surface area contributed by atoms with Crippen LogP contribution in [0, 0.1) is 0 Å². The van der Waals surface area contributed by atoms with Crippen molar-refractivity contribution in [3.05, 3.63) is 81.0 Å². The van der Waals surface area contributed by atoms with Gasteiger partial charge in [0.2, 0.25) is 6.79 Å². The van der Waals surface area contributed by atoms with Gasteiger partial charge in [0, 0.05) is 27.2 Å². The van der Waals surface area contributed by atoms with Gasteiger partial charge in [-0.3, -0.25) is 14.5 Å². The Bertz CT molecular complexity index is 1200. The summed E-state index contributed by atoms with van der Waals surface area (Å²) in [6.45, 7) is 0.0979. The molecule has 2 aliphatic heterocycles. The van der Waals surface area contributed by atoms with Crippen molar-refractivity contribution in [2.75, 3.05) is 11.7 Å². The van der Waals surface area contributed by atoms with E-state index in [0.717, 1.165) is 4.88 Å². The minimum atomic E-state index is -0.774. The first-order chi connectivity index (χ1) is 14.5. The van der Waals surface area contributed by atoms with Gasteiger partial charge in [0.15, 0.2) is 11.5 Å². The molecule has 0 bridgehead atoms. The molecule has 1 aromatic heterocycles. The number of ether oxygens (including phenoxy) is 2. The van der Waals surface area contributed by atoms with Gasteiger partial charge in [0.1, 0.15) is 11.8 Å². The first-order valence-corrected chi connectivity index (χ1v) is 10.3. The van der Waals surface area contributed by atoms with E-state index in [1.54, 1.807) is 42.5 Å². The van der Waals surface area contributed by atoms with Crippen molar-refractivity contribution < 1.29 is 24.2 Å². The highest BCUT2D eigenvalue weighted by atomic mass is 35.5. The molecule has 30 heavy (non-hydrogen) atoms. The summed E-state index contributed by atoms with van der Waals surface area (Å²) in [5.74, 6) is -0.687. The first-order valence-electron chi connectivity index (χ1n) is 9.04. The van der Waals surface area contributed by atoms with E-state index in [9.17, 15) is 14.7 Å². The molecule has 1 atom stereocenters. The zero-order chi connectivity index (χ0) is 20.8. The van der Waals surface area contributed by atoms with Crippen molar-refractivity contribution in [2.24, 2.45) is 0 Å². The molecule has 0 radical (unpaired) electrons. The van der Waals surface area contributed by atoms with E-state index < -0.39 is 17.7 Å². The summed E-state index contributed by atoms with van der Waals surface area (Å²) in [5.41, 5.74) is 0.861. The van der Waals surface area contributed by atoms with E-state index in [1.165, 1.54) is 16.2 Å². The number of aliphatic hydroxyl groups is 1. The summed E-state index contributed by atoms with van der Waals surface area (Å²) in [5, 5.41) is 13.3. The van der Waals surface area contributed by atoms with Crippen LogP contribution < -0.4 is 14.4 Å². The Morgan fingerprint density at radius 1 is 1.07 bits per heavy atom. The number of carbonyl (C=O) groups is 2. The molecule has 5 rings (SSSR count). The van der Waals surface area contributed by atoms with E-state index in [0.29, 0.717) is 27.8 Å². The van der Waals surface area contributed by atoms with Gasteiger partial charge in [0.05, 0.1) is 5.57 Å². The third kappa shape index (κ3) is 2.94. The molecule has 1 unspecified atom stereocenters. The van der Waals surface area contributed by atoms with Crippen LogP contribution in [-0.2, 0) is 9.59 Å². The molecule has 0 saturated carbocycles. The Labute approximate surface area is 180 Å². The molecule has 2 aromatic carbocycles. The lowest BCUT2D eigenvalue weighted by molar-refractivity contribution is -0.132. The molecule has 8 heteroatoms. The predicted octanol–water partition coefficient (Wildman–Crippen LogP) is 4.76. The summed E-state index contributed by atoms with van der Waals surface area (Å²) >= 11 is 7.45. The van der Waals surface area contributed by atoms with E-state index in [1.807, 2.05) is 17.5 Å². The van der Waals surface area contributed by atoms with Gasteiger partial charge in [-0.25, -0.2) is 0 Å². The van der Waals surface area contributed by atoms with Crippen LogP contribution >= 0.6 is 22.9 Å². The monoisotopic (exact) mass is 439 g/mol. The Kier molecular flexibility index (Phi) is 4.49. The summed E-state index contributed by atoms with van der Waals surface area (Å²) in [7, 11) is 0. The second-order valence-electron chi connectivity index (χ2n) is 6.73. The smallest absolute Gasteiger partial charge is 0.300 e. The van der Waals surface area contributed by atoms with Gasteiger partial charge in [-0.05, 0) is 35.7 Å².